The number of nitrogens with two attached hydrogens (primary N) is 1. The minimum atomic E-state index is 0.0371. The second-order valence-corrected chi connectivity index (χ2v) is 3.56. The van der Waals surface area contributed by atoms with Crippen molar-refractivity contribution in [2.75, 3.05) is 24.1 Å². The van der Waals surface area contributed by atoms with Crippen molar-refractivity contribution in [2.24, 2.45) is 0 Å². The smallest absolute Gasteiger partial charge is 0.221 e. The molecule has 1 rings (SSSR count). The van der Waals surface area contributed by atoms with Crippen molar-refractivity contribution < 1.29 is 4.79 Å². The lowest BCUT2D eigenvalue weighted by Gasteiger charge is -2.07. The van der Waals surface area contributed by atoms with Gasteiger partial charge in [0.15, 0.2) is 0 Å². The summed E-state index contributed by atoms with van der Waals surface area (Å²) in [5.41, 5.74) is 7.40. The van der Waals surface area contributed by atoms with Crippen molar-refractivity contribution in [3.05, 3.63) is 17.8 Å². The minimum absolute atomic E-state index is 0.0371. The fourth-order valence-corrected chi connectivity index (χ4v) is 1.23. The van der Waals surface area contributed by atoms with E-state index in [2.05, 4.69) is 15.6 Å². The number of hydrogen-bond donors (Lipinski definition) is 3. The average Bonchev–Trinajstić information content (AvgIpc) is 2.24. The van der Waals surface area contributed by atoms with Crippen molar-refractivity contribution >= 4 is 17.4 Å². The number of rotatable bonds is 5. The Labute approximate surface area is 95.4 Å². The Morgan fingerprint density at radius 2 is 2.31 bits per heavy atom. The molecule has 0 aromatic carbocycles. The van der Waals surface area contributed by atoms with Crippen molar-refractivity contribution in [2.45, 2.75) is 20.3 Å². The van der Waals surface area contributed by atoms with Gasteiger partial charge in [-0.15, -0.1) is 0 Å². The van der Waals surface area contributed by atoms with Crippen molar-refractivity contribution in [1.82, 2.24) is 10.3 Å². The number of carbonyl (C=O) groups is 1. The van der Waals surface area contributed by atoms with E-state index in [1.165, 1.54) is 0 Å². The summed E-state index contributed by atoms with van der Waals surface area (Å²) >= 11 is 0. The molecule has 1 aromatic heterocycles. The summed E-state index contributed by atoms with van der Waals surface area (Å²) in [6.07, 6.45) is 2.15. The number of nitrogens with zero attached hydrogens (tertiary/aromatic N) is 1. The Bertz CT molecular complexity index is 365. The number of pyridine rings is 1. The van der Waals surface area contributed by atoms with Gasteiger partial charge in [0.05, 0.1) is 0 Å². The third-order valence-electron chi connectivity index (χ3n) is 2.18. The van der Waals surface area contributed by atoms with E-state index >= 15 is 0 Å². The van der Waals surface area contributed by atoms with Gasteiger partial charge in [-0.2, -0.15) is 0 Å². The van der Waals surface area contributed by atoms with E-state index in [-0.39, 0.29) is 5.91 Å². The fraction of sp³-hybridized carbons (Fsp3) is 0.455. The number of nitrogen functional groups attached to an aromatic ring is 1. The maximum atomic E-state index is 11.2. The van der Waals surface area contributed by atoms with Gasteiger partial charge in [0.1, 0.15) is 5.82 Å². The standard InChI is InChI=1S/C11H18N4O/c1-3-13-11(16)4-5-14-10-6-9(12)8(2)7-15-10/h6-7H,3-5H2,1-2H3,(H,13,16)(H3,12,14,15). The molecule has 88 valence electrons. The first-order valence-corrected chi connectivity index (χ1v) is 5.36. The second-order valence-electron chi connectivity index (χ2n) is 3.56. The number of carbonyl (C=O) groups excluding carboxylic acids is 1. The molecule has 0 aliphatic rings. The van der Waals surface area contributed by atoms with Crippen LogP contribution in [0.15, 0.2) is 12.3 Å². The van der Waals surface area contributed by atoms with Crippen LogP contribution in [0, 0.1) is 6.92 Å². The maximum Gasteiger partial charge on any atom is 0.221 e. The van der Waals surface area contributed by atoms with Gasteiger partial charge in [-0.3, -0.25) is 4.79 Å². The Morgan fingerprint density at radius 3 is 2.94 bits per heavy atom. The van der Waals surface area contributed by atoms with Crippen LogP contribution < -0.4 is 16.4 Å². The molecule has 4 N–H and O–H groups in total. The summed E-state index contributed by atoms with van der Waals surface area (Å²) < 4.78 is 0. The highest BCUT2D eigenvalue weighted by Crippen LogP contribution is 2.13. The lowest BCUT2D eigenvalue weighted by Crippen LogP contribution is -2.24. The molecule has 5 nitrogen and oxygen atoms in total. The second kappa shape index (κ2) is 5.95. The third kappa shape index (κ3) is 3.76. The normalized spacial score (nSPS) is 9.88. The van der Waals surface area contributed by atoms with E-state index < -0.39 is 0 Å². The van der Waals surface area contributed by atoms with E-state index in [0.29, 0.717) is 31.0 Å². The lowest BCUT2D eigenvalue weighted by molar-refractivity contribution is -0.120. The van der Waals surface area contributed by atoms with E-state index in [4.69, 9.17) is 5.73 Å². The van der Waals surface area contributed by atoms with Gasteiger partial charge < -0.3 is 16.4 Å². The van der Waals surface area contributed by atoms with Crippen LogP contribution in [0.5, 0.6) is 0 Å². The molecule has 0 spiro atoms. The zero-order valence-corrected chi connectivity index (χ0v) is 9.71. The molecule has 1 aromatic rings. The van der Waals surface area contributed by atoms with E-state index in [9.17, 15) is 4.79 Å². The number of amides is 1. The van der Waals surface area contributed by atoms with Crippen LogP contribution in [0.2, 0.25) is 0 Å². The highest BCUT2D eigenvalue weighted by atomic mass is 16.1. The molecule has 0 aliphatic heterocycles. The summed E-state index contributed by atoms with van der Waals surface area (Å²) in [5, 5.41) is 5.78. The van der Waals surface area contributed by atoms with Crippen LogP contribution >= 0.6 is 0 Å². The maximum absolute atomic E-state index is 11.2. The number of aryl methyl sites for hydroxylation is 1. The van der Waals surface area contributed by atoms with Gasteiger partial charge >= 0.3 is 0 Å². The van der Waals surface area contributed by atoms with E-state index in [1.807, 2.05) is 13.8 Å². The van der Waals surface area contributed by atoms with Crippen molar-refractivity contribution in [1.29, 1.82) is 0 Å². The molecule has 0 saturated carbocycles. The first kappa shape index (κ1) is 12.3. The quantitative estimate of drug-likeness (QED) is 0.691. The van der Waals surface area contributed by atoms with Gasteiger partial charge in [-0.05, 0) is 19.4 Å². The number of hydrogen-bond acceptors (Lipinski definition) is 4. The first-order valence-electron chi connectivity index (χ1n) is 5.36. The molecular weight excluding hydrogens is 204 g/mol. The Kier molecular flexibility index (Phi) is 4.57. The lowest BCUT2D eigenvalue weighted by atomic mass is 10.2. The van der Waals surface area contributed by atoms with Crippen LogP contribution in [0.1, 0.15) is 18.9 Å². The number of aromatic nitrogens is 1. The minimum Gasteiger partial charge on any atom is -0.398 e. The molecule has 0 fully saturated rings. The van der Waals surface area contributed by atoms with Crippen molar-refractivity contribution in [3.8, 4) is 0 Å². The molecule has 1 heterocycles. The summed E-state index contributed by atoms with van der Waals surface area (Å²) in [6, 6.07) is 1.77. The average molecular weight is 222 g/mol. The predicted molar refractivity (Wildman–Crippen MR) is 65.2 cm³/mol. The summed E-state index contributed by atoms with van der Waals surface area (Å²) in [5.74, 6) is 0.738. The molecule has 0 aliphatic carbocycles. The molecule has 0 atom stereocenters. The largest absolute Gasteiger partial charge is 0.398 e. The molecule has 0 saturated heterocycles. The molecular formula is C11H18N4O. The molecule has 5 heteroatoms. The summed E-state index contributed by atoms with van der Waals surface area (Å²) in [4.78, 5) is 15.3. The Morgan fingerprint density at radius 1 is 1.56 bits per heavy atom. The molecule has 0 radical (unpaired) electrons. The predicted octanol–water partition coefficient (Wildman–Crippen LogP) is 0.910. The summed E-state index contributed by atoms with van der Waals surface area (Å²) in [7, 11) is 0. The van der Waals surface area contributed by atoms with Crippen LogP contribution in [-0.4, -0.2) is 24.0 Å². The third-order valence-corrected chi connectivity index (χ3v) is 2.18. The van der Waals surface area contributed by atoms with Crippen LogP contribution in [0.3, 0.4) is 0 Å². The van der Waals surface area contributed by atoms with Gasteiger partial charge in [-0.1, -0.05) is 0 Å². The zero-order valence-electron chi connectivity index (χ0n) is 9.71. The number of anilines is 2. The SMILES string of the molecule is CCNC(=O)CCNc1cc(N)c(C)cn1. The van der Waals surface area contributed by atoms with E-state index in [1.54, 1.807) is 12.3 Å². The van der Waals surface area contributed by atoms with Crippen LogP contribution in [-0.2, 0) is 4.79 Å². The fourth-order valence-electron chi connectivity index (χ4n) is 1.23. The molecule has 0 unspecified atom stereocenters. The summed E-state index contributed by atoms with van der Waals surface area (Å²) in [6.45, 7) is 5.02. The zero-order chi connectivity index (χ0) is 12.0. The highest BCUT2D eigenvalue weighted by molar-refractivity contribution is 5.76. The van der Waals surface area contributed by atoms with Gasteiger partial charge in [0.2, 0.25) is 5.91 Å². The topological polar surface area (TPSA) is 80.0 Å². The number of nitrogens with one attached hydrogen (secondary N) is 2. The highest BCUT2D eigenvalue weighted by Gasteiger charge is 2.00. The van der Waals surface area contributed by atoms with Crippen molar-refractivity contribution in [3.63, 3.8) is 0 Å². The van der Waals surface area contributed by atoms with Gasteiger partial charge in [0, 0.05) is 37.5 Å². The first-order chi connectivity index (χ1) is 7.63. The van der Waals surface area contributed by atoms with E-state index in [0.717, 1.165) is 5.56 Å². The Hall–Kier alpha value is -1.78. The monoisotopic (exact) mass is 222 g/mol. The van der Waals surface area contributed by atoms with Gasteiger partial charge in [-0.25, -0.2) is 4.98 Å². The van der Waals surface area contributed by atoms with Crippen LogP contribution in [0.4, 0.5) is 11.5 Å². The Balaban J connectivity index is 2.37. The van der Waals surface area contributed by atoms with Gasteiger partial charge in [0.25, 0.3) is 0 Å². The molecule has 0 bridgehead atoms. The van der Waals surface area contributed by atoms with Crippen LogP contribution in [0.25, 0.3) is 0 Å². The molecule has 1 amide bonds. The molecule has 16 heavy (non-hydrogen) atoms.